The molecule has 5 rings (SSSR count). The molecule has 2 fully saturated rings. The minimum absolute atomic E-state index is 0.154. The number of nitrogens with one attached hydrogen (secondary N) is 3. The summed E-state index contributed by atoms with van der Waals surface area (Å²) in [5.74, 6) is -1.16. The molecule has 10 nitrogen and oxygen atoms in total. The number of benzene rings is 3. The molecule has 1 unspecified atom stereocenters. The zero-order valence-electron chi connectivity index (χ0n) is 23.8. The van der Waals surface area contributed by atoms with E-state index in [4.69, 9.17) is 11.6 Å². The number of hydrogen-bond donors (Lipinski definition) is 4. The largest absolute Gasteiger partial charge is 0.481 e. The van der Waals surface area contributed by atoms with Gasteiger partial charge in [-0.15, -0.1) is 0 Å². The number of hydrogen-bond acceptors (Lipinski definition) is 5. The molecule has 3 aromatic rings. The van der Waals surface area contributed by atoms with Gasteiger partial charge in [0.25, 0.3) is 5.91 Å². The van der Waals surface area contributed by atoms with Crippen molar-refractivity contribution in [2.75, 3.05) is 41.7 Å². The fraction of sp³-hybridized carbons (Fsp3) is 0.312. The van der Waals surface area contributed by atoms with E-state index in [9.17, 15) is 24.3 Å². The minimum atomic E-state index is -1.04. The third-order valence-electron chi connectivity index (χ3n) is 7.61. The number of halogens is 1. The van der Waals surface area contributed by atoms with Gasteiger partial charge in [-0.3, -0.25) is 14.4 Å². The van der Waals surface area contributed by atoms with Gasteiger partial charge in [-0.1, -0.05) is 47.5 Å². The van der Waals surface area contributed by atoms with Gasteiger partial charge in [0, 0.05) is 48.4 Å². The normalized spacial score (nSPS) is 15.4. The highest BCUT2D eigenvalue weighted by Gasteiger charge is 2.35. The second-order valence-electron chi connectivity index (χ2n) is 10.9. The highest BCUT2D eigenvalue weighted by Crippen LogP contribution is 2.33. The van der Waals surface area contributed by atoms with E-state index in [-0.39, 0.29) is 23.8 Å². The van der Waals surface area contributed by atoms with Crippen molar-refractivity contribution in [3.63, 3.8) is 0 Å². The third-order valence-corrected chi connectivity index (χ3v) is 7.85. The lowest BCUT2D eigenvalue weighted by Gasteiger charge is -2.37. The first-order chi connectivity index (χ1) is 20.7. The van der Waals surface area contributed by atoms with Crippen molar-refractivity contribution >= 4 is 52.5 Å². The third kappa shape index (κ3) is 7.84. The van der Waals surface area contributed by atoms with Gasteiger partial charge in [0.1, 0.15) is 0 Å². The molecule has 1 aliphatic heterocycles. The summed E-state index contributed by atoms with van der Waals surface area (Å²) in [5, 5.41) is 18.4. The first kappa shape index (κ1) is 29.9. The summed E-state index contributed by atoms with van der Waals surface area (Å²) in [5.41, 5.74) is 3.56. The van der Waals surface area contributed by atoms with Crippen LogP contribution in [0.25, 0.3) is 0 Å². The van der Waals surface area contributed by atoms with E-state index in [1.807, 2.05) is 24.0 Å². The quantitative estimate of drug-likeness (QED) is 0.263. The Hall–Kier alpha value is -4.57. The number of carbonyl (C=O) groups is 4. The van der Waals surface area contributed by atoms with E-state index in [1.54, 1.807) is 54.6 Å². The molecule has 4 N–H and O–H groups in total. The molecular formula is C32H34ClN5O5. The van der Waals surface area contributed by atoms with Crippen LogP contribution in [0.1, 0.15) is 46.8 Å². The van der Waals surface area contributed by atoms with Gasteiger partial charge in [0.2, 0.25) is 5.91 Å². The first-order valence-electron chi connectivity index (χ1n) is 14.3. The van der Waals surface area contributed by atoms with E-state index in [0.717, 1.165) is 18.4 Å². The number of carboxylic acid groups (broad SMARTS) is 1. The fourth-order valence-electron chi connectivity index (χ4n) is 5.13. The minimum Gasteiger partial charge on any atom is -0.481 e. The molecule has 0 spiro atoms. The molecule has 43 heavy (non-hydrogen) atoms. The van der Waals surface area contributed by atoms with Crippen molar-refractivity contribution in [2.45, 2.75) is 32.2 Å². The van der Waals surface area contributed by atoms with Crippen LogP contribution in [0.15, 0.2) is 66.7 Å². The molecule has 11 heteroatoms. The van der Waals surface area contributed by atoms with Crippen LogP contribution in [-0.4, -0.2) is 60.0 Å². The van der Waals surface area contributed by atoms with E-state index >= 15 is 0 Å². The summed E-state index contributed by atoms with van der Waals surface area (Å²) >= 11 is 6.07. The van der Waals surface area contributed by atoms with Crippen molar-refractivity contribution in [1.82, 2.24) is 10.2 Å². The predicted molar refractivity (Wildman–Crippen MR) is 166 cm³/mol. The molecule has 2 aliphatic rings. The summed E-state index contributed by atoms with van der Waals surface area (Å²) in [6.07, 6.45) is 1.62. The fourth-order valence-corrected chi connectivity index (χ4v) is 5.32. The molecule has 0 bridgehead atoms. The summed E-state index contributed by atoms with van der Waals surface area (Å²) in [7, 11) is 0. The monoisotopic (exact) mass is 603 g/mol. The van der Waals surface area contributed by atoms with Crippen LogP contribution < -0.4 is 20.9 Å². The molecule has 1 aliphatic carbocycles. The average molecular weight is 604 g/mol. The van der Waals surface area contributed by atoms with Gasteiger partial charge in [0.15, 0.2) is 0 Å². The molecule has 1 heterocycles. The Morgan fingerprint density at radius 2 is 1.65 bits per heavy atom. The number of aliphatic carboxylic acids is 1. The number of aryl methyl sites for hydroxylation is 1. The number of rotatable bonds is 9. The molecule has 0 aromatic heterocycles. The summed E-state index contributed by atoms with van der Waals surface area (Å²) in [6.45, 7) is 4.21. The van der Waals surface area contributed by atoms with Crippen LogP contribution in [0.4, 0.5) is 21.9 Å². The van der Waals surface area contributed by atoms with Crippen molar-refractivity contribution in [2.24, 2.45) is 5.92 Å². The molecule has 1 saturated carbocycles. The second kappa shape index (κ2) is 13.2. The number of anilines is 3. The average Bonchev–Trinajstić information content (AvgIpc) is 3.82. The maximum absolute atomic E-state index is 13.4. The molecule has 1 saturated heterocycles. The summed E-state index contributed by atoms with van der Waals surface area (Å²) in [6, 6.07) is 17.8. The first-order valence-corrected chi connectivity index (χ1v) is 14.6. The van der Waals surface area contributed by atoms with Crippen molar-refractivity contribution < 1.29 is 24.3 Å². The lowest BCUT2D eigenvalue weighted by molar-refractivity contribution is -0.137. The zero-order chi connectivity index (χ0) is 30.5. The lowest BCUT2D eigenvalue weighted by Crippen LogP contribution is -2.49. The Morgan fingerprint density at radius 3 is 2.30 bits per heavy atom. The topological polar surface area (TPSA) is 131 Å². The maximum atomic E-state index is 13.4. The Balaban J connectivity index is 1.37. The van der Waals surface area contributed by atoms with Gasteiger partial charge < -0.3 is 30.9 Å². The maximum Gasteiger partial charge on any atom is 0.323 e. The Kier molecular flexibility index (Phi) is 9.16. The van der Waals surface area contributed by atoms with E-state index in [1.165, 1.54) is 0 Å². The van der Waals surface area contributed by atoms with Crippen LogP contribution in [0.3, 0.4) is 0 Å². The number of piperazine rings is 1. The van der Waals surface area contributed by atoms with Crippen LogP contribution in [0, 0.1) is 12.8 Å². The number of carboxylic acids is 1. The van der Waals surface area contributed by atoms with Crippen LogP contribution in [0.5, 0.6) is 0 Å². The SMILES string of the molecule is Cc1ccc(C(CC(=O)O)NC(=O)c2ccc(N3CCN(C(=O)C4CC4)CC3)c(NC(=O)Nc3cccc(Cl)c3)c2)cc1. The Morgan fingerprint density at radius 1 is 0.930 bits per heavy atom. The highest BCUT2D eigenvalue weighted by molar-refractivity contribution is 6.30. The highest BCUT2D eigenvalue weighted by atomic mass is 35.5. The van der Waals surface area contributed by atoms with E-state index in [0.29, 0.717) is 53.8 Å². The second-order valence-corrected chi connectivity index (χ2v) is 11.4. The number of urea groups is 1. The standard InChI is InChI=1S/C32H34ClN5O5/c1-20-5-7-21(8-6-20)26(19-29(39)40)35-30(41)23-11-12-28(37-13-15-38(16-14-37)31(42)22-9-10-22)27(17-23)36-32(43)34-25-4-2-3-24(33)18-25/h2-8,11-12,17-18,22,26H,9-10,13-16,19H2,1H3,(H,35,41)(H,39,40)(H2,34,36,43). The summed E-state index contributed by atoms with van der Waals surface area (Å²) < 4.78 is 0. The van der Waals surface area contributed by atoms with E-state index < -0.39 is 23.9 Å². The Labute approximate surface area is 255 Å². The van der Waals surface area contributed by atoms with Crippen molar-refractivity contribution in [3.8, 4) is 0 Å². The van der Waals surface area contributed by atoms with Gasteiger partial charge in [-0.2, -0.15) is 0 Å². The lowest BCUT2D eigenvalue weighted by atomic mass is 10.0. The number of carbonyl (C=O) groups excluding carboxylic acids is 3. The van der Waals surface area contributed by atoms with Crippen LogP contribution in [-0.2, 0) is 9.59 Å². The molecule has 224 valence electrons. The number of amides is 4. The van der Waals surface area contributed by atoms with E-state index in [2.05, 4.69) is 20.9 Å². The molecule has 1 atom stereocenters. The summed E-state index contributed by atoms with van der Waals surface area (Å²) in [4.78, 5) is 54.6. The molecule has 3 aromatic carbocycles. The van der Waals surface area contributed by atoms with Crippen molar-refractivity contribution in [3.05, 3.63) is 88.4 Å². The molecule has 0 radical (unpaired) electrons. The van der Waals surface area contributed by atoms with Crippen LogP contribution >= 0.6 is 11.6 Å². The smallest absolute Gasteiger partial charge is 0.323 e. The van der Waals surface area contributed by atoms with Gasteiger partial charge >= 0.3 is 12.0 Å². The molecule has 4 amide bonds. The van der Waals surface area contributed by atoms with Gasteiger partial charge in [0.05, 0.1) is 23.8 Å². The van der Waals surface area contributed by atoms with Crippen LogP contribution in [0.2, 0.25) is 5.02 Å². The molecular weight excluding hydrogens is 570 g/mol. The van der Waals surface area contributed by atoms with Crippen molar-refractivity contribution in [1.29, 1.82) is 0 Å². The zero-order valence-corrected chi connectivity index (χ0v) is 24.6. The van der Waals surface area contributed by atoms with Gasteiger partial charge in [-0.25, -0.2) is 4.79 Å². The van der Waals surface area contributed by atoms with Gasteiger partial charge in [-0.05, 0) is 61.7 Å². The Bertz CT molecular complexity index is 1520. The number of nitrogens with zero attached hydrogens (tertiary/aromatic N) is 2. The predicted octanol–water partition coefficient (Wildman–Crippen LogP) is 5.30.